The molecule has 1 N–H and O–H groups in total. The Morgan fingerprint density at radius 3 is 3.06 bits per heavy atom. The Balaban J connectivity index is 2.12. The van der Waals surface area contributed by atoms with Crippen LogP contribution in [0.5, 0.6) is 0 Å². The summed E-state index contributed by atoms with van der Waals surface area (Å²) < 4.78 is 0. The molecule has 86 valence electrons. The van der Waals surface area contributed by atoms with E-state index in [4.69, 9.17) is 5.11 Å². The lowest BCUT2D eigenvalue weighted by Crippen LogP contribution is -1.97. The normalized spacial score (nSPS) is 13.7. The maximum Gasteiger partial charge on any atom is 0.0893 e. The van der Waals surface area contributed by atoms with E-state index in [2.05, 4.69) is 15.0 Å². The molecule has 17 heavy (non-hydrogen) atoms. The summed E-state index contributed by atoms with van der Waals surface area (Å²) in [6.07, 6.45) is 8.43. The van der Waals surface area contributed by atoms with Gasteiger partial charge in [-0.2, -0.15) is 0 Å². The van der Waals surface area contributed by atoms with E-state index >= 15 is 0 Å². The van der Waals surface area contributed by atoms with Crippen molar-refractivity contribution in [2.24, 2.45) is 0 Å². The summed E-state index contributed by atoms with van der Waals surface area (Å²) in [6, 6.07) is 1.98. The number of fused-ring (bicyclic) bond motifs is 1. The summed E-state index contributed by atoms with van der Waals surface area (Å²) in [7, 11) is 0. The zero-order valence-electron chi connectivity index (χ0n) is 9.43. The zero-order chi connectivity index (χ0) is 11.7. The van der Waals surface area contributed by atoms with Gasteiger partial charge in [-0.05, 0) is 30.9 Å². The third-order valence-electron chi connectivity index (χ3n) is 3.11. The van der Waals surface area contributed by atoms with Gasteiger partial charge in [-0.3, -0.25) is 9.97 Å². The van der Waals surface area contributed by atoms with Crippen molar-refractivity contribution >= 4 is 0 Å². The summed E-state index contributed by atoms with van der Waals surface area (Å²) in [4.78, 5) is 12.9. The Morgan fingerprint density at radius 1 is 1.24 bits per heavy atom. The lowest BCUT2D eigenvalue weighted by Gasteiger charge is -2.07. The van der Waals surface area contributed by atoms with Gasteiger partial charge in [0.2, 0.25) is 0 Å². The molecule has 0 amide bonds. The fraction of sp³-hybridized carbons (Fsp3) is 0.308. The summed E-state index contributed by atoms with van der Waals surface area (Å²) >= 11 is 0. The van der Waals surface area contributed by atoms with Crippen LogP contribution in [0.3, 0.4) is 0 Å². The van der Waals surface area contributed by atoms with E-state index in [-0.39, 0.29) is 6.61 Å². The highest BCUT2D eigenvalue weighted by Gasteiger charge is 2.17. The number of hydrogen-bond acceptors (Lipinski definition) is 4. The van der Waals surface area contributed by atoms with Crippen molar-refractivity contribution in [2.45, 2.75) is 25.9 Å². The average molecular weight is 227 g/mol. The summed E-state index contributed by atoms with van der Waals surface area (Å²) in [6.45, 7) is -0.0753. The van der Waals surface area contributed by atoms with Crippen molar-refractivity contribution < 1.29 is 5.11 Å². The van der Waals surface area contributed by atoms with Gasteiger partial charge < -0.3 is 5.11 Å². The van der Waals surface area contributed by atoms with E-state index in [1.807, 2.05) is 12.3 Å². The maximum atomic E-state index is 9.09. The van der Waals surface area contributed by atoms with Gasteiger partial charge in [-0.15, -0.1) is 0 Å². The number of pyridine rings is 1. The van der Waals surface area contributed by atoms with Gasteiger partial charge >= 0.3 is 0 Å². The molecule has 0 radical (unpaired) electrons. The summed E-state index contributed by atoms with van der Waals surface area (Å²) in [5.41, 5.74) is 5.01. The highest BCUT2D eigenvalue weighted by molar-refractivity contribution is 5.64. The number of aliphatic hydroxyl groups is 1. The lowest BCUT2D eigenvalue weighted by molar-refractivity contribution is 0.276. The third-order valence-corrected chi connectivity index (χ3v) is 3.11. The van der Waals surface area contributed by atoms with Gasteiger partial charge in [-0.25, -0.2) is 4.98 Å². The average Bonchev–Trinajstić information content (AvgIpc) is 2.87. The van der Waals surface area contributed by atoms with Crippen LogP contribution in [-0.2, 0) is 19.4 Å². The second-order valence-corrected chi connectivity index (χ2v) is 4.19. The van der Waals surface area contributed by atoms with Crippen LogP contribution in [0.2, 0.25) is 0 Å². The fourth-order valence-electron chi connectivity index (χ4n) is 2.32. The molecule has 0 saturated heterocycles. The first-order valence-electron chi connectivity index (χ1n) is 5.77. The molecule has 2 heterocycles. The Bertz CT molecular complexity index is 554. The van der Waals surface area contributed by atoms with Crippen LogP contribution in [0.1, 0.15) is 23.4 Å². The summed E-state index contributed by atoms with van der Waals surface area (Å²) in [5, 5.41) is 9.09. The zero-order valence-corrected chi connectivity index (χ0v) is 9.43. The number of aryl methyl sites for hydroxylation is 1. The molecule has 0 aliphatic heterocycles. The highest BCUT2D eigenvalue weighted by atomic mass is 16.3. The minimum Gasteiger partial charge on any atom is -0.390 e. The van der Waals surface area contributed by atoms with E-state index in [1.165, 1.54) is 11.3 Å². The number of aromatic nitrogens is 3. The third kappa shape index (κ3) is 1.80. The number of hydrogen-bond donors (Lipinski definition) is 1. The van der Waals surface area contributed by atoms with Gasteiger partial charge in [0.1, 0.15) is 0 Å². The predicted octanol–water partition coefficient (Wildman–Crippen LogP) is 1.52. The van der Waals surface area contributed by atoms with Crippen LogP contribution >= 0.6 is 0 Å². The molecule has 0 saturated carbocycles. The first kappa shape index (κ1) is 10.4. The van der Waals surface area contributed by atoms with E-state index < -0.39 is 0 Å². The van der Waals surface area contributed by atoms with E-state index in [0.29, 0.717) is 5.69 Å². The first-order valence-corrected chi connectivity index (χ1v) is 5.77. The topological polar surface area (TPSA) is 58.9 Å². The monoisotopic (exact) mass is 227 g/mol. The molecule has 0 unspecified atom stereocenters. The lowest BCUT2D eigenvalue weighted by atomic mass is 10.1. The summed E-state index contributed by atoms with van der Waals surface area (Å²) in [5.74, 6) is 0. The molecule has 1 aliphatic carbocycles. The second-order valence-electron chi connectivity index (χ2n) is 4.19. The molecule has 0 fully saturated rings. The van der Waals surface area contributed by atoms with Crippen molar-refractivity contribution in [2.75, 3.05) is 0 Å². The predicted molar refractivity (Wildman–Crippen MR) is 63.2 cm³/mol. The second kappa shape index (κ2) is 4.22. The Kier molecular flexibility index (Phi) is 2.57. The molecule has 4 nitrogen and oxygen atoms in total. The molecule has 2 aromatic rings. The van der Waals surface area contributed by atoms with E-state index in [9.17, 15) is 0 Å². The van der Waals surface area contributed by atoms with Crippen molar-refractivity contribution in [1.29, 1.82) is 0 Å². The van der Waals surface area contributed by atoms with Crippen LogP contribution in [-0.4, -0.2) is 20.1 Å². The van der Waals surface area contributed by atoms with Gasteiger partial charge in [-0.1, -0.05) is 0 Å². The van der Waals surface area contributed by atoms with Crippen molar-refractivity contribution in [1.82, 2.24) is 15.0 Å². The van der Waals surface area contributed by atoms with E-state index in [1.54, 1.807) is 12.4 Å². The van der Waals surface area contributed by atoms with E-state index in [0.717, 1.165) is 30.5 Å². The molecule has 3 rings (SSSR count). The number of aliphatic hydroxyl groups excluding tert-OH is 1. The fourth-order valence-corrected chi connectivity index (χ4v) is 2.32. The van der Waals surface area contributed by atoms with Crippen LogP contribution in [0.4, 0.5) is 0 Å². The smallest absolute Gasteiger partial charge is 0.0893 e. The number of rotatable bonds is 2. The standard InChI is InChI=1S/C13H13N3O/c17-8-9-6-14-7-13(16-9)11-4-5-15-12-3-1-2-10(11)12/h4-7,17H,1-3,8H2. The Hall–Kier alpha value is -1.81. The minimum atomic E-state index is -0.0753. The van der Waals surface area contributed by atoms with Crippen LogP contribution in [0.25, 0.3) is 11.3 Å². The first-order chi connectivity index (χ1) is 8.38. The van der Waals surface area contributed by atoms with Crippen molar-refractivity contribution in [3.05, 3.63) is 41.6 Å². The molecule has 0 bridgehead atoms. The minimum absolute atomic E-state index is 0.0753. The largest absolute Gasteiger partial charge is 0.390 e. The molecule has 2 aromatic heterocycles. The van der Waals surface area contributed by atoms with Gasteiger partial charge in [0, 0.05) is 17.5 Å². The Labute approximate surface area is 99.4 Å². The number of nitrogens with zero attached hydrogens (tertiary/aromatic N) is 3. The highest BCUT2D eigenvalue weighted by Crippen LogP contribution is 2.29. The molecule has 0 spiro atoms. The molecule has 4 heteroatoms. The van der Waals surface area contributed by atoms with Crippen molar-refractivity contribution in [3.8, 4) is 11.3 Å². The molecule has 0 atom stereocenters. The molecule has 0 aromatic carbocycles. The van der Waals surface area contributed by atoms with Crippen LogP contribution in [0, 0.1) is 0 Å². The van der Waals surface area contributed by atoms with Crippen LogP contribution in [0.15, 0.2) is 24.7 Å². The van der Waals surface area contributed by atoms with Gasteiger partial charge in [0.25, 0.3) is 0 Å². The Morgan fingerprint density at radius 2 is 2.18 bits per heavy atom. The van der Waals surface area contributed by atoms with Gasteiger partial charge in [0.15, 0.2) is 0 Å². The SMILES string of the molecule is OCc1cncc(-c2ccnc3c2CCC3)n1. The van der Waals surface area contributed by atoms with Crippen molar-refractivity contribution in [3.63, 3.8) is 0 Å². The molecular formula is C13H13N3O. The van der Waals surface area contributed by atoms with Crippen LogP contribution < -0.4 is 0 Å². The quantitative estimate of drug-likeness (QED) is 0.845. The van der Waals surface area contributed by atoms with Gasteiger partial charge in [0.05, 0.1) is 30.4 Å². The molecular weight excluding hydrogens is 214 g/mol. The maximum absolute atomic E-state index is 9.09. The molecule has 1 aliphatic rings.